The Hall–Kier alpha value is -1.82. The monoisotopic (exact) mass is 211 g/mol. The van der Waals surface area contributed by atoms with Crippen molar-refractivity contribution < 1.29 is 14.3 Å². The Morgan fingerprint density at radius 3 is 2.80 bits per heavy atom. The van der Waals surface area contributed by atoms with Gasteiger partial charge in [-0.25, -0.2) is 4.79 Å². The van der Waals surface area contributed by atoms with Gasteiger partial charge in [0.25, 0.3) is 0 Å². The van der Waals surface area contributed by atoms with Crippen molar-refractivity contribution >= 4 is 17.6 Å². The van der Waals surface area contributed by atoms with Crippen LogP contribution in [0.3, 0.4) is 0 Å². The van der Waals surface area contributed by atoms with E-state index in [1.807, 2.05) is 0 Å². The van der Waals surface area contributed by atoms with Crippen LogP contribution in [-0.2, 0) is 16.6 Å². The molecule has 1 aromatic rings. The number of aryl methyl sites for hydroxylation is 1. The van der Waals surface area contributed by atoms with Gasteiger partial charge in [-0.15, -0.1) is 0 Å². The second-order valence-corrected chi connectivity index (χ2v) is 2.97. The van der Waals surface area contributed by atoms with Gasteiger partial charge >= 0.3 is 5.97 Å². The van der Waals surface area contributed by atoms with Gasteiger partial charge in [0.1, 0.15) is 5.69 Å². The van der Waals surface area contributed by atoms with Gasteiger partial charge in [0, 0.05) is 13.2 Å². The van der Waals surface area contributed by atoms with Crippen LogP contribution in [0.1, 0.15) is 10.5 Å². The second-order valence-electron chi connectivity index (χ2n) is 2.97. The molecule has 0 aliphatic heterocycles. The van der Waals surface area contributed by atoms with E-state index in [2.05, 4.69) is 10.1 Å². The number of carbonyl (C=O) groups excluding carboxylic acids is 2. The van der Waals surface area contributed by atoms with Gasteiger partial charge in [-0.2, -0.15) is 0 Å². The lowest BCUT2D eigenvalue weighted by Gasteiger charge is -1.98. The lowest BCUT2D eigenvalue weighted by atomic mass is 10.4. The molecule has 82 valence electrons. The summed E-state index contributed by atoms with van der Waals surface area (Å²) in [5.74, 6) is -0.761. The molecule has 1 rings (SSSR count). The van der Waals surface area contributed by atoms with Crippen LogP contribution < -0.4 is 11.1 Å². The molecular formula is C9H13N3O3. The van der Waals surface area contributed by atoms with Crippen molar-refractivity contribution in [2.24, 2.45) is 12.8 Å². The van der Waals surface area contributed by atoms with Gasteiger partial charge in [0.05, 0.1) is 19.3 Å². The number of nitrogens with zero attached hydrogens (tertiary/aromatic N) is 1. The van der Waals surface area contributed by atoms with E-state index in [1.54, 1.807) is 17.8 Å². The third-order valence-electron chi connectivity index (χ3n) is 1.87. The van der Waals surface area contributed by atoms with Gasteiger partial charge in [0.15, 0.2) is 0 Å². The number of nitrogens with one attached hydrogen (secondary N) is 1. The fourth-order valence-electron chi connectivity index (χ4n) is 1.15. The molecule has 0 aliphatic carbocycles. The zero-order valence-corrected chi connectivity index (χ0v) is 8.61. The maximum Gasteiger partial charge on any atom is 0.354 e. The highest BCUT2D eigenvalue weighted by atomic mass is 16.5. The lowest BCUT2D eigenvalue weighted by Crippen LogP contribution is -2.21. The number of nitrogens with two attached hydrogens (primary N) is 1. The van der Waals surface area contributed by atoms with Crippen molar-refractivity contribution in [1.29, 1.82) is 0 Å². The van der Waals surface area contributed by atoms with E-state index in [0.717, 1.165) is 0 Å². The third-order valence-corrected chi connectivity index (χ3v) is 1.87. The van der Waals surface area contributed by atoms with E-state index in [9.17, 15) is 9.59 Å². The molecule has 1 amide bonds. The number of hydrogen-bond donors (Lipinski definition) is 2. The smallest absolute Gasteiger partial charge is 0.354 e. The van der Waals surface area contributed by atoms with Gasteiger partial charge in [-0.05, 0) is 6.07 Å². The summed E-state index contributed by atoms with van der Waals surface area (Å²) in [7, 11) is 2.98. The van der Waals surface area contributed by atoms with E-state index in [-0.39, 0.29) is 12.5 Å². The molecule has 0 saturated heterocycles. The van der Waals surface area contributed by atoms with E-state index in [1.165, 1.54) is 13.2 Å². The molecule has 0 saturated carbocycles. The number of esters is 1. The van der Waals surface area contributed by atoms with Crippen molar-refractivity contribution in [3.05, 3.63) is 18.0 Å². The first-order valence-corrected chi connectivity index (χ1v) is 4.33. The van der Waals surface area contributed by atoms with E-state index in [0.29, 0.717) is 11.4 Å². The molecule has 0 aliphatic rings. The molecule has 6 heteroatoms. The van der Waals surface area contributed by atoms with Crippen LogP contribution in [0.2, 0.25) is 0 Å². The Morgan fingerprint density at radius 1 is 1.60 bits per heavy atom. The van der Waals surface area contributed by atoms with Gasteiger partial charge in [-0.1, -0.05) is 0 Å². The van der Waals surface area contributed by atoms with Crippen LogP contribution in [0.4, 0.5) is 5.69 Å². The molecule has 0 spiro atoms. The van der Waals surface area contributed by atoms with E-state index >= 15 is 0 Å². The first kappa shape index (κ1) is 11.3. The number of methoxy groups -OCH3 is 1. The predicted octanol–water partition coefficient (Wildman–Crippen LogP) is -0.291. The summed E-state index contributed by atoms with van der Waals surface area (Å²) in [6.45, 7) is -0.0948. The highest BCUT2D eigenvalue weighted by molar-refractivity contribution is 5.94. The van der Waals surface area contributed by atoms with E-state index < -0.39 is 5.97 Å². The van der Waals surface area contributed by atoms with E-state index in [4.69, 9.17) is 5.73 Å². The quantitative estimate of drug-likeness (QED) is 0.672. The zero-order chi connectivity index (χ0) is 11.4. The lowest BCUT2D eigenvalue weighted by molar-refractivity contribution is -0.114. The minimum Gasteiger partial charge on any atom is -0.464 e. The Labute approximate surface area is 87.0 Å². The molecule has 6 nitrogen and oxygen atoms in total. The number of anilines is 1. The minimum atomic E-state index is -0.453. The predicted molar refractivity (Wildman–Crippen MR) is 54.4 cm³/mol. The van der Waals surface area contributed by atoms with Crippen molar-refractivity contribution in [3.8, 4) is 0 Å². The SMILES string of the molecule is COC(=O)c1cc(NC(=O)CN)cn1C. The first-order valence-electron chi connectivity index (χ1n) is 4.33. The summed E-state index contributed by atoms with van der Waals surface area (Å²) in [6, 6.07) is 1.53. The maximum absolute atomic E-state index is 11.2. The number of aromatic nitrogens is 1. The molecule has 1 aromatic heterocycles. The van der Waals surface area contributed by atoms with Crippen LogP contribution in [-0.4, -0.2) is 30.1 Å². The number of ether oxygens (including phenoxy) is 1. The fraction of sp³-hybridized carbons (Fsp3) is 0.333. The summed E-state index contributed by atoms with van der Waals surface area (Å²) in [5.41, 5.74) is 6.03. The van der Waals surface area contributed by atoms with Crippen LogP contribution >= 0.6 is 0 Å². The number of amides is 1. The maximum atomic E-state index is 11.2. The average Bonchev–Trinajstić information content (AvgIpc) is 2.58. The summed E-state index contributed by atoms with van der Waals surface area (Å²) >= 11 is 0. The van der Waals surface area contributed by atoms with Gasteiger partial charge < -0.3 is 20.4 Å². The molecule has 0 unspecified atom stereocenters. The molecule has 15 heavy (non-hydrogen) atoms. The highest BCUT2D eigenvalue weighted by Gasteiger charge is 2.12. The Balaban J connectivity index is 2.86. The molecule has 1 heterocycles. The molecule has 0 bridgehead atoms. The highest BCUT2D eigenvalue weighted by Crippen LogP contribution is 2.13. The zero-order valence-electron chi connectivity index (χ0n) is 8.61. The number of carbonyl (C=O) groups is 2. The fourth-order valence-corrected chi connectivity index (χ4v) is 1.15. The van der Waals surface area contributed by atoms with Crippen molar-refractivity contribution in [1.82, 2.24) is 4.57 Å². The van der Waals surface area contributed by atoms with Crippen LogP contribution in [0.5, 0.6) is 0 Å². The topological polar surface area (TPSA) is 86.3 Å². The van der Waals surface area contributed by atoms with Crippen LogP contribution in [0.25, 0.3) is 0 Å². The second kappa shape index (κ2) is 4.61. The first-order chi connectivity index (χ1) is 7.08. The summed E-state index contributed by atoms with van der Waals surface area (Å²) < 4.78 is 6.13. The Kier molecular flexibility index (Phi) is 3.46. The molecule has 3 N–H and O–H groups in total. The van der Waals surface area contributed by atoms with Crippen molar-refractivity contribution in [2.75, 3.05) is 19.0 Å². The minimum absolute atomic E-state index is 0.0948. The summed E-state index contributed by atoms with van der Waals surface area (Å²) in [4.78, 5) is 22.2. The third kappa shape index (κ3) is 2.57. The van der Waals surface area contributed by atoms with Gasteiger partial charge in [-0.3, -0.25) is 4.79 Å². The Morgan fingerprint density at radius 2 is 2.27 bits per heavy atom. The molecular weight excluding hydrogens is 198 g/mol. The molecule has 0 radical (unpaired) electrons. The standard InChI is InChI=1S/C9H13N3O3/c1-12-5-6(11-8(13)4-10)3-7(12)9(14)15-2/h3,5H,4,10H2,1-2H3,(H,11,13). The molecule has 0 atom stereocenters. The Bertz CT molecular complexity index is 384. The summed E-state index contributed by atoms with van der Waals surface area (Å²) in [6.07, 6.45) is 1.61. The summed E-state index contributed by atoms with van der Waals surface area (Å²) in [5, 5.41) is 2.54. The number of rotatable bonds is 3. The van der Waals surface area contributed by atoms with Crippen LogP contribution in [0.15, 0.2) is 12.3 Å². The molecule has 0 fully saturated rings. The largest absolute Gasteiger partial charge is 0.464 e. The van der Waals surface area contributed by atoms with Gasteiger partial charge in [0.2, 0.25) is 5.91 Å². The molecule has 0 aromatic carbocycles. The van der Waals surface area contributed by atoms with Crippen molar-refractivity contribution in [2.45, 2.75) is 0 Å². The average molecular weight is 211 g/mol. The van der Waals surface area contributed by atoms with Crippen LogP contribution in [0, 0.1) is 0 Å². The normalized spacial score (nSPS) is 9.80. The van der Waals surface area contributed by atoms with Crippen molar-refractivity contribution in [3.63, 3.8) is 0 Å². The number of hydrogen-bond acceptors (Lipinski definition) is 4.